The Bertz CT molecular complexity index is 1480. The van der Waals surface area contributed by atoms with Gasteiger partial charge in [-0.3, -0.25) is 14.3 Å². The molecule has 1 aliphatic carbocycles. The van der Waals surface area contributed by atoms with Gasteiger partial charge in [-0.15, -0.1) is 11.3 Å². The number of alkyl halides is 4. The van der Waals surface area contributed by atoms with Crippen LogP contribution in [0.3, 0.4) is 0 Å². The zero-order valence-corrected chi connectivity index (χ0v) is 19.7. The molecule has 4 heterocycles. The minimum Gasteiger partial charge on any atom is -0.464 e. The quantitative estimate of drug-likeness (QED) is 0.270. The van der Waals surface area contributed by atoms with Crippen LogP contribution in [0.15, 0.2) is 28.9 Å². The van der Waals surface area contributed by atoms with Crippen LogP contribution >= 0.6 is 22.9 Å². The maximum absolute atomic E-state index is 13.5. The van der Waals surface area contributed by atoms with E-state index in [0.29, 0.717) is 5.69 Å². The number of fused-ring (bicyclic) bond motifs is 1. The second-order valence-corrected chi connectivity index (χ2v) is 9.47. The van der Waals surface area contributed by atoms with Crippen LogP contribution in [0.2, 0.25) is 5.02 Å². The molecule has 1 saturated carbocycles. The van der Waals surface area contributed by atoms with Crippen LogP contribution in [-0.4, -0.2) is 26.6 Å². The molecule has 0 spiro atoms. The van der Waals surface area contributed by atoms with Gasteiger partial charge in [0.25, 0.3) is 18.8 Å². The van der Waals surface area contributed by atoms with E-state index in [4.69, 9.17) is 21.8 Å². The number of rotatable bonds is 8. The van der Waals surface area contributed by atoms with E-state index < -0.39 is 42.6 Å². The van der Waals surface area contributed by atoms with E-state index in [1.807, 2.05) is 0 Å². The van der Waals surface area contributed by atoms with Crippen molar-refractivity contribution in [1.82, 2.24) is 14.8 Å². The van der Waals surface area contributed by atoms with Crippen molar-refractivity contribution in [2.45, 2.75) is 38.2 Å². The average molecular weight is 542 g/mol. The van der Waals surface area contributed by atoms with Crippen LogP contribution in [0.1, 0.15) is 58.4 Å². The van der Waals surface area contributed by atoms with E-state index in [1.165, 1.54) is 12.3 Å². The molecule has 188 valence electrons. The molecule has 0 atom stereocenters. The number of halogens is 5. The van der Waals surface area contributed by atoms with Gasteiger partial charge in [-0.05, 0) is 31.0 Å². The summed E-state index contributed by atoms with van der Waals surface area (Å²) in [4.78, 5) is 29.1. The van der Waals surface area contributed by atoms with Crippen LogP contribution < -0.4 is 11.1 Å². The lowest BCUT2D eigenvalue weighted by atomic mass is 10.1. The van der Waals surface area contributed by atoms with Gasteiger partial charge in [-0.25, -0.2) is 22.5 Å². The van der Waals surface area contributed by atoms with Crippen LogP contribution in [0.25, 0.3) is 21.5 Å². The molecule has 1 fully saturated rings. The highest BCUT2D eigenvalue weighted by Gasteiger charge is 2.34. The molecule has 0 unspecified atom stereocenters. The van der Waals surface area contributed by atoms with Gasteiger partial charge in [0, 0.05) is 16.9 Å². The number of hydrogen-bond donors (Lipinski definition) is 2. The van der Waals surface area contributed by atoms with Crippen LogP contribution in [0, 0.1) is 0 Å². The van der Waals surface area contributed by atoms with Crippen molar-refractivity contribution in [1.29, 1.82) is 0 Å². The first-order valence-corrected chi connectivity index (χ1v) is 11.8. The highest BCUT2D eigenvalue weighted by Crippen LogP contribution is 2.46. The van der Waals surface area contributed by atoms with E-state index in [1.54, 1.807) is 6.07 Å². The predicted octanol–water partition coefficient (Wildman–Crippen LogP) is 5.90. The lowest BCUT2D eigenvalue weighted by Gasteiger charge is -2.11. The van der Waals surface area contributed by atoms with E-state index in [0.717, 1.165) is 34.9 Å². The van der Waals surface area contributed by atoms with Gasteiger partial charge in [0.1, 0.15) is 33.4 Å². The Labute approximate surface area is 209 Å². The Balaban J connectivity index is 1.58. The number of thiophene rings is 1. The molecule has 2 amide bonds. The second kappa shape index (κ2) is 9.21. The lowest BCUT2D eigenvalue weighted by Crippen LogP contribution is -2.22. The minimum atomic E-state index is -2.92. The van der Waals surface area contributed by atoms with Crippen LogP contribution in [0.4, 0.5) is 23.2 Å². The van der Waals surface area contributed by atoms with E-state index in [9.17, 15) is 27.2 Å². The Kier molecular flexibility index (Phi) is 6.20. The molecule has 4 aromatic heterocycles. The smallest absolute Gasteiger partial charge is 0.283 e. The van der Waals surface area contributed by atoms with Crippen LogP contribution in [0.5, 0.6) is 0 Å². The molecular weight excluding hydrogens is 526 g/mol. The zero-order chi connectivity index (χ0) is 25.7. The molecule has 3 N–H and O–H groups in total. The molecule has 0 saturated heterocycles. The number of primary amides is 1. The summed E-state index contributed by atoms with van der Waals surface area (Å²) >= 11 is 6.85. The number of anilines is 1. The summed E-state index contributed by atoms with van der Waals surface area (Å²) in [5.41, 5.74) is 4.79. The molecular formula is C22H16ClF4N5O3S. The SMILES string of the molecule is NC(=O)c1sc2nc(C(F)F)cc(-c3ccco3)c2c1NC(=O)Cn1nc(C(F)F)c(Cl)c1C1CC1. The Hall–Kier alpha value is -3.45. The average Bonchev–Trinajstić information content (AvgIpc) is 3.23. The van der Waals surface area contributed by atoms with E-state index in [-0.39, 0.29) is 43.0 Å². The summed E-state index contributed by atoms with van der Waals surface area (Å²) in [6.45, 7) is -0.480. The highest BCUT2D eigenvalue weighted by molar-refractivity contribution is 7.21. The van der Waals surface area contributed by atoms with E-state index >= 15 is 0 Å². The molecule has 1 aliphatic rings. The summed E-state index contributed by atoms with van der Waals surface area (Å²) in [6.07, 6.45) is -3.05. The Morgan fingerprint density at radius 3 is 2.61 bits per heavy atom. The summed E-state index contributed by atoms with van der Waals surface area (Å²) in [5.74, 6) is -1.53. The number of pyridine rings is 1. The first-order valence-electron chi connectivity index (χ1n) is 10.6. The van der Waals surface area contributed by atoms with Crippen molar-refractivity contribution in [3.05, 3.63) is 51.4 Å². The minimum absolute atomic E-state index is 0.0316. The van der Waals surface area contributed by atoms with Gasteiger partial charge in [-0.2, -0.15) is 5.10 Å². The molecule has 0 radical (unpaired) electrons. The Morgan fingerprint density at radius 2 is 2.03 bits per heavy atom. The molecule has 0 bridgehead atoms. The van der Waals surface area contributed by atoms with Crippen molar-refractivity contribution >= 4 is 50.7 Å². The van der Waals surface area contributed by atoms with Crippen molar-refractivity contribution in [3.8, 4) is 11.3 Å². The summed E-state index contributed by atoms with van der Waals surface area (Å²) in [5, 5.41) is 6.39. The number of furan rings is 1. The molecule has 0 aromatic carbocycles. The number of carbonyl (C=O) groups is 2. The van der Waals surface area contributed by atoms with Gasteiger partial charge in [0.05, 0.1) is 22.7 Å². The third kappa shape index (κ3) is 4.32. The molecule has 4 aromatic rings. The number of hydrogen-bond acceptors (Lipinski definition) is 6. The largest absolute Gasteiger partial charge is 0.464 e. The fourth-order valence-corrected chi connectivity index (χ4v) is 5.33. The standard InChI is InChI=1S/C22H16ClF4N5O3S/c23-14-16(20(26)27)31-32(17(14)8-3-4-8)7-12(33)30-15-13-9(11-2-1-5-35-11)6-10(19(24)25)29-22(13)36-18(15)21(28)34/h1-2,5-6,8,19-20H,3-4,7H2,(H2,28,34)(H,30,33). The van der Waals surface area contributed by atoms with E-state index in [2.05, 4.69) is 15.4 Å². The van der Waals surface area contributed by atoms with Crippen molar-refractivity contribution in [2.24, 2.45) is 5.73 Å². The molecule has 5 rings (SSSR count). The molecule has 14 heteroatoms. The Morgan fingerprint density at radius 1 is 1.28 bits per heavy atom. The van der Waals surface area contributed by atoms with Gasteiger partial charge in [0.15, 0.2) is 0 Å². The highest BCUT2D eigenvalue weighted by atomic mass is 35.5. The van der Waals surface area contributed by atoms with Gasteiger partial charge < -0.3 is 15.5 Å². The number of carbonyl (C=O) groups excluding carboxylic acids is 2. The first kappa shape index (κ1) is 24.3. The monoisotopic (exact) mass is 541 g/mol. The first-order chi connectivity index (χ1) is 17.2. The topological polar surface area (TPSA) is 116 Å². The van der Waals surface area contributed by atoms with Crippen molar-refractivity contribution < 1.29 is 31.6 Å². The fourth-order valence-electron chi connectivity index (χ4n) is 3.94. The lowest BCUT2D eigenvalue weighted by molar-refractivity contribution is -0.117. The predicted molar refractivity (Wildman–Crippen MR) is 124 cm³/mol. The number of nitrogens with zero attached hydrogens (tertiary/aromatic N) is 3. The second-order valence-electron chi connectivity index (χ2n) is 8.09. The van der Waals surface area contributed by atoms with Crippen molar-refractivity contribution in [2.75, 3.05) is 5.32 Å². The van der Waals surface area contributed by atoms with Gasteiger partial charge >= 0.3 is 0 Å². The number of aromatic nitrogens is 3. The molecule has 8 nitrogen and oxygen atoms in total. The fraction of sp³-hybridized carbons (Fsp3) is 0.273. The maximum atomic E-state index is 13.5. The summed E-state index contributed by atoms with van der Waals surface area (Å²) in [6, 6.07) is 4.17. The summed E-state index contributed by atoms with van der Waals surface area (Å²) in [7, 11) is 0. The molecule has 0 aliphatic heterocycles. The summed E-state index contributed by atoms with van der Waals surface area (Å²) < 4.78 is 60.2. The number of amides is 2. The molecule has 36 heavy (non-hydrogen) atoms. The van der Waals surface area contributed by atoms with Crippen LogP contribution in [-0.2, 0) is 11.3 Å². The normalized spacial score (nSPS) is 13.8. The zero-order valence-electron chi connectivity index (χ0n) is 18.1. The number of nitrogens with one attached hydrogen (secondary N) is 1. The van der Waals surface area contributed by atoms with Gasteiger partial charge in [0.2, 0.25) is 5.91 Å². The van der Waals surface area contributed by atoms with Crippen molar-refractivity contribution in [3.63, 3.8) is 0 Å². The third-order valence-electron chi connectivity index (χ3n) is 5.60. The number of nitrogens with two attached hydrogens (primary N) is 1. The third-order valence-corrected chi connectivity index (χ3v) is 7.09. The van der Waals surface area contributed by atoms with Gasteiger partial charge in [-0.1, -0.05) is 11.6 Å². The maximum Gasteiger partial charge on any atom is 0.283 e.